The van der Waals surface area contributed by atoms with Crippen LogP contribution in [-0.2, 0) is 4.79 Å². The molecule has 1 aromatic rings. The minimum atomic E-state index is -0.0528. The van der Waals surface area contributed by atoms with Crippen LogP contribution in [0.2, 0.25) is 0 Å². The maximum Gasteiger partial charge on any atom is 0.238 e. The van der Waals surface area contributed by atoms with Gasteiger partial charge in [-0.3, -0.25) is 14.8 Å². The van der Waals surface area contributed by atoms with E-state index in [0.717, 1.165) is 36.5 Å². The molecule has 0 bridgehead atoms. The van der Waals surface area contributed by atoms with E-state index >= 15 is 0 Å². The second kappa shape index (κ2) is 5.49. The van der Waals surface area contributed by atoms with Gasteiger partial charge >= 0.3 is 0 Å². The van der Waals surface area contributed by atoms with E-state index in [4.69, 9.17) is 0 Å². The van der Waals surface area contributed by atoms with Gasteiger partial charge in [-0.2, -0.15) is 5.10 Å². The van der Waals surface area contributed by atoms with Gasteiger partial charge in [0.2, 0.25) is 5.91 Å². The molecule has 1 amide bonds. The summed E-state index contributed by atoms with van der Waals surface area (Å²) in [6, 6.07) is 0.127. The molecule has 1 aromatic heterocycles. The largest absolute Gasteiger partial charge is 0.395 e. The number of hydrogen-bond acceptors (Lipinski definition) is 4. The fourth-order valence-electron chi connectivity index (χ4n) is 2.41. The van der Waals surface area contributed by atoms with Crippen LogP contribution in [0.25, 0.3) is 0 Å². The molecular weight excluding hydrogens is 232 g/mol. The van der Waals surface area contributed by atoms with Crippen molar-refractivity contribution in [2.24, 2.45) is 0 Å². The summed E-state index contributed by atoms with van der Waals surface area (Å²) in [6.45, 7) is 5.06. The molecule has 2 heterocycles. The molecule has 1 saturated heterocycles. The molecule has 3 N–H and O–H groups in total. The van der Waals surface area contributed by atoms with Crippen molar-refractivity contribution in [3.63, 3.8) is 0 Å². The van der Waals surface area contributed by atoms with Crippen LogP contribution in [0.5, 0.6) is 0 Å². The van der Waals surface area contributed by atoms with E-state index in [9.17, 15) is 9.90 Å². The fraction of sp³-hybridized carbons (Fsp3) is 0.667. The van der Waals surface area contributed by atoms with Gasteiger partial charge in [-0.05, 0) is 33.2 Å². The quantitative estimate of drug-likeness (QED) is 0.725. The first kappa shape index (κ1) is 13.0. The summed E-state index contributed by atoms with van der Waals surface area (Å²) in [6.07, 6.45) is 2.01. The Kier molecular flexibility index (Phi) is 3.98. The molecule has 0 saturated carbocycles. The van der Waals surface area contributed by atoms with Crippen molar-refractivity contribution in [1.29, 1.82) is 0 Å². The SMILES string of the molecule is Cc1n[nH]c(C)c1NC(=O)CN1CCC[C@@H]1CO. The first-order valence-corrected chi connectivity index (χ1v) is 6.28. The van der Waals surface area contributed by atoms with Gasteiger partial charge in [-0.25, -0.2) is 0 Å². The van der Waals surface area contributed by atoms with Gasteiger partial charge in [-0.15, -0.1) is 0 Å². The van der Waals surface area contributed by atoms with Crippen LogP contribution in [0, 0.1) is 13.8 Å². The Morgan fingerprint density at radius 1 is 1.61 bits per heavy atom. The Labute approximate surface area is 106 Å². The number of hydrogen-bond donors (Lipinski definition) is 3. The zero-order valence-electron chi connectivity index (χ0n) is 10.9. The lowest BCUT2D eigenvalue weighted by atomic mass is 10.2. The number of carbonyl (C=O) groups is 1. The molecule has 1 fully saturated rings. The van der Waals surface area contributed by atoms with Crippen LogP contribution in [0.1, 0.15) is 24.2 Å². The van der Waals surface area contributed by atoms with Crippen molar-refractivity contribution < 1.29 is 9.90 Å². The molecule has 2 rings (SSSR count). The maximum absolute atomic E-state index is 12.0. The van der Waals surface area contributed by atoms with Crippen molar-refractivity contribution in [3.05, 3.63) is 11.4 Å². The van der Waals surface area contributed by atoms with E-state index in [2.05, 4.69) is 15.5 Å². The Hall–Kier alpha value is -1.40. The van der Waals surface area contributed by atoms with Crippen LogP contribution in [0.3, 0.4) is 0 Å². The van der Waals surface area contributed by atoms with Crippen LogP contribution in [0.15, 0.2) is 0 Å². The molecule has 6 nitrogen and oxygen atoms in total. The molecule has 0 aromatic carbocycles. The molecule has 0 radical (unpaired) electrons. The minimum absolute atomic E-state index is 0.0528. The lowest BCUT2D eigenvalue weighted by molar-refractivity contribution is -0.117. The van der Waals surface area contributed by atoms with Gasteiger partial charge in [0.05, 0.1) is 30.2 Å². The molecular formula is C12H20N4O2. The van der Waals surface area contributed by atoms with Gasteiger partial charge < -0.3 is 10.4 Å². The van der Waals surface area contributed by atoms with Crippen molar-refractivity contribution in [1.82, 2.24) is 15.1 Å². The van der Waals surface area contributed by atoms with Crippen molar-refractivity contribution >= 4 is 11.6 Å². The zero-order valence-corrected chi connectivity index (χ0v) is 10.9. The van der Waals surface area contributed by atoms with Crippen LogP contribution in [0.4, 0.5) is 5.69 Å². The smallest absolute Gasteiger partial charge is 0.238 e. The standard InChI is InChI=1S/C12H20N4O2/c1-8-12(9(2)15-14-8)13-11(18)6-16-5-3-4-10(16)7-17/h10,17H,3-7H2,1-2H3,(H,13,18)(H,14,15)/t10-/m1/s1. The van der Waals surface area contributed by atoms with E-state index in [-0.39, 0.29) is 18.6 Å². The van der Waals surface area contributed by atoms with E-state index in [1.807, 2.05) is 18.7 Å². The molecule has 0 spiro atoms. The zero-order chi connectivity index (χ0) is 13.1. The number of rotatable bonds is 4. The second-order valence-corrected chi connectivity index (χ2v) is 4.81. The van der Waals surface area contributed by atoms with Crippen LogP contribution < -0.4 is 5.32 Å². The predicted octanol–water partition coefficient (Wildman–Crippen LogP) is 0.422. The lowest BCUT2D eigenvalue weighted by Gasteiger charge is -2.21. The number of likely N-dealkylation sites (tertiary alicyclic amines) is 1. The van der Waals surface area contributed by atoms with Crippen molar-refractivity contribution in [3.8, 4) is 0 Å². The van der Waals surface area contributed by atoms with Gasteiger partial charge in [0.15, 0.2) is 0 Å². The van der Waals surface area contributed by atoms with E-state index in [0.29, 0.717) is 6.54 Å². The number of aliphatic hydroxyl groups is 1. The molecule has 0 aliphatic carbocycles. The summed E-state index contributed by atoms with van der Waals surface area (Å²) in [5.41, 5.74) is 2.42. The summed E-state index contributed by atoms with van der Waals surface area (Å²) in [5, 5.41) is 19.0. The molecule has 0 unspecified atom stereocenters. The highest BCUT2D eigenvalue weighted by atomic mass is 16.3. The van der Waals surface area contributed by atoms with Crippen molar-refractivity contribution in [2.75, 3.05) is 25.0 Å². The number of aryl methyl sites for hydroxylation is 2. The molecule has 1 atom stereocenters. The topological polar surface area (TPSA) is 81.2 Å². The Morgan fingerprint density at radius 2 is 2.39 bits per heavy atom. The average molecular weight is 252 g/mol. The Morgan fingerprint density at radius 3 is 3.00 bits per heavy atom. The number of nitrogens with one attached hydrogen (secondary N) is 2. The number of amides is 1. The summed E-state index contributed by atoms with van der Waals surface area (Å²) in [5.74, 6) is -0.0528. The number of H-pyrrole nitrogens is 1. The van der Waals surface area contributed by atoms with Gasteiger partial charge in [0.25, 0.3) is 0 Å². The second-order valence-electron chi connectivity index (χ2n) is 4.81. The number of aliphatic hydroxyl groups excluding tert-OH is 1. The first-order valence-electron chi connectivity index (χ1n) is 6.28. The van der Waals surface area contributed by atoms with E-state index < -0.39 is 0 Å². The number of anilines is 1. The van der Waals surface area contributed by atoms with Gasteiger partial charge in [-0.1, -0.05) is 0 Å². The highest BCUT2D eigenvalue weighted by Gasteiger charge is 2.25. The highest BCUT2D eigenvalue weighted by Crippen LogP contribution is 2.18. The number of aromatic nitrogens is 2. The Balaban J connectivity index is 1.93. The molecule has 1 aliphatic rings. The normalized spacial score (nSPS) is 20.3. The van der Waals surface area contributed by atoms with Gasteiger partial charge in [0.1, 0.15) is 0 Å². The number of carbonyl (C=O) groups excluding carboxylic acids is 1. The van der Waals surface area contributed by atoms with Crippen LogP contribution in [-0.4, -0.2) is 51.8 Å². The minimum Gasteiger partial charge on any atom is -0.395 e. The monoisotopic (exact) mass is 252 g/mol. The fourth-order valence-corrected chi connectivity index (χ4v) is 2.41. The third-order valence-corrected chi connectivity index (χ3v) is 3.45. The Bertz CT molecular complexity index is 410. The summed E-state index contributed by atoms with van der Waals surface area (Å²) < 4.78 is 0. The number of aromatic amines is 1. The molecule has 1 aliphatic heterocycles. The van der Waals surface area contributed by atoms with Gasteiger partial charge in [0, 0.05) is 6.04 Å². The molecule has 18 heavy (non-hydrogen) atoms. The summed E-state index contributed by atoms with van der Waals surface area (Å²) >= 11 is 0. The highest BCUT2D eigenvalue weighted by molar-refractivity contribution is 5.93. The summed E-state index contributed by atoms with van der Waals surface area (Å²) in [7, 11) is 0. The van der Waals surface area contributed by atoms with Crippen LogP contribution >= 0.6 is 0 Å². The first-order chi connectivity index (χ1) is 8.61. The average Bonchev–Trinajstić information content (AvgIpc) is 2.90. The molecule has 100 valence electrons. The molecule has 6 heteroatoms. The van der Waals surface area contributed by atoms with E-state index in [1.165, 1.54) is 0 Å². The predicted molar refractivity (Wildman–Crippen MR) is 68.4 cm³/mol. The lowest BCUT2D eigenvalue weighted by Crippen LogP contribution is -2.38. The summed E-state index contributed by atoms with van der Waals surface area (Å²) in [4.78, 5) is 14.0. The third kappa shape index (κ3) is 2.70. The van der Waals surface area contributed by atoms with E-state index in [1.54, 1.807) is 0 Å². The maximum atomic E-state index is 12.0. The third-order valence-electron chi connectivity index (χ3n) is 3.45. The number of nitrogens with zero attached hydrogens (tertiary/aromatic N) is 2. The van der Waals surface area contributed by atoms with Crippen molar-refractivity contribution in [2.45, 2.75) is 32.7 Å².